The van der Waals surface area contributed by atoms with Crippen molar-refractivity contribution in [1.82, 2.24) is 9.55 Å². The molecule has 0 atom stereocenters. The molecule has 0 N–H and O–H groups in total. The monoisotopic (exact) mass is 220 g/mol. The van der Waals surface area contributed by atoms with Crippen LogP contribution >= 0.6 is 12.6 Å². The molecule has 3 nitrogen and oxygen atoms in total. The maximum atomic E-state index is 11.4. The van der Waals surface area contributed by atoms with Crippen LogP contribution in [0, 0.1) is 6.92 Å². The lowest BCUT2D eigenvalue weighted by molar-refractivity contribution is 0.102. The van der Waals surface area contributed by atoms with E-state index in [0.29, 0.717) is 5.56 Å². The summed E-state index contributed by atoms with van der Waals surface area (Å²) in [6.07, 6.45) is 0. The molecule has 0 amide bonds. The molecule has 78 valence electrons. The fourth-order valence-electron chi connectivity index (χ4n) is 1.58. The number of carbonyl (C=O) groups excluding carboxylic acids is 1. The summed E-state index contributed by atoms with van der Waals surface area (Å²) in [7, 11) is 1.96. The van der Waals surface area contributed by atoms with Crippen LogP contribution in [-0.2, 0) is 7.05 Å². The summed E-state index contributed by atoms with van der Waals surface area (Å²) in [5.41, 5.74) is 2.58. The predicted octanol–water partition coefficient (Wildman–Crippen LogP) is 1.99. The van der Waals surface area contributed by atoms with Crippen molar-refractivity contribution in [3.63, 3.8) is 0 Å². The van der Waals surface area contributed by atoms with E-state index in [1.807, 2.05) is 36.7 Å². The minimum Gasteiger partial charge on any atom is -0.331 e. The molecule has 2 rings (SSSR count). The molecule has 0 unspecified atom stereocenters. The first-order chi connectivity index (χ1) is 7.13. The Balaban J connectivity index is 2.62. The number of fused-ring (bicyclic) bond motifs is 1. The van der Waals surface area contributed by atoms with Gasteiger partial charge in [-0.3, -0.25) is 4.79 Å². The fourth-order valence-corrected chi connectivity index (χ4v) is 1.77. The summed E-state index contributed by atoms with van der Waals surface area (Å²) in [5.74, 6) is 1.21. The lowest BCUT2D eigenvalue weighted by Crippen LogP contribution is -1.99. The van der Waals surface area contributed by atoms with Gasteiger partial charge in [0.25, 0.3) is 0 Å². The molecular weight excluding hydrogens is 208 g/mol. The third kappa shape index (κ3) is 1.65. The molecule has 0 aliphatic heterocycles. The van der Waals surface area contributed by atoms with Crippen molar-refractivity contribution in [2.75, 3.05) is 5.75 Å². The largest absolute Gasteiger partial charge is 0.331 e. The number of thiol groups is 1. The third-order valence-electron chi connectivity index (χ3n) is 2.57. The van der Waals surface area contributed by atoms with Crippen LogP contribution in [0.5, 0.6) is 0 Å². The smallest absolute Gasteiger partial charge is 0.172 e. The van der Waals surface area contributed by atoms with E-state index in [1.165, 1.54) is 0 Å². The van der Waals surface area contributed by atoms with Crippen molar-refractivity contribution >= 4 is 29.4 Å². The average molecular weight is 220 g/mol. The number of aromatic nitrogens is 2. The Morgan fingerprint density at radius 2 is 2.27 bits per heavy atom. The first kappa shape index (κ1) is 10.2. The van der Waals surface area contributed by atoms with E-state index in [4.69, 9.17) is 0 Å². The Morgan fingerprint density at radius 1 is 1.53 bits per heavy atom. The minimum atomic E-state index is 0.0311. The second-order valence-corrected chi connectivity index (χ2v) is 3.82. The van der Waals surface area contributed by atoms with Gasteiger partial charge in [0.15, 0.2) is 5.78 Å². The normalized spacial score (nSPS) is 10.9. The summed E-state index contributed by atoms with van der Waals surface area (Å²) >= 11 is 3.97. The van der Waals surface area contributed by atoms with Crippen LogP contribution in [0.2, 0.25) is 0 Å². The summed E-state index contributed by atoms with van der Waals surface area (Å²) in [5, 5.41) is 0. The molecule has 0 saturated heterocycles. The molecule has 1 heterocycles. The molecule has 0 fully saturated rings. The first-order valence-electron chi connectivity index (χ1n) is 4.70. The zero-order valence-electron chi connectivity index (χ0n) is 8.69. The molecule has 1 aromatic heterocycles. The van der Waals surface area contributed by atoms with Crippen LogP contribution in [0.3, 0.4) is 0 Å². The van der Waals surface area contributed by atoms with Crippen molar-refractivity contribution in [3.05, 3.63) is 29.6 Å². The second kappa shape index (κ2) is 3.70. The van der Waals surface area contributed by atoms with E-state index in [-0.39, 0.29) is 11.5 Å². The molecule has 0 radical (unpaired) electrons. The zero-order valence-corrected chi connectivity index (χ0v) is 9.58. The lowest BCUT2D eigenvalue weighted by atomic mass is 10.1. The van der Waals surface area contributed by atoms with Crippen LogP contribution in [0.4, 0.5) is 0 Å². The van der Waals surface area contributed by atoms with Gasteiger partial charge in [-0.15, -0.1) is 0 Å². The van der Waals surface area contributed by atoms with Gasteiger partial charge < -0.3 is 4.57 Å². The molecular formula is C11H12N2OS. The molecule has 15 heavy (non-hydrogen) atoms. The van der Waals surface area contributed by atoms with Crippen molar-refractivity contribution in [1.29, 1.82) is 0 Å². The maximum Gasteiger partial charge on any atom is 0.172 e. The van der Waals surface area contributed by atoms with Crippen LogP contribution < -0.4 is 0 Å². The van der Waals surface area contributed by atoms with Gasteiger partial charge >= 0.3 is 0 Å². The Kier molecular flexibility index (Phi) is 2.52. The van der Waals surface area contributed by atoms with Gasteiger partial charge in [-0.05, 0) is 25.1 Å². The van der Waals surface area contributed by atoms with E-state index in [9.17, 15) is 4.79 Å². The quantitative estimate of drug-likeness (QED) is 0.620. The molecule has 0 bridgehead atoms. The minimum absolute atomic E-state index is 0.0311. The second-order valence-electron chi connectivity index (χ2n) is 3.50. The van der Waals surface area contributed by atoms with Gasteiger partial charge in [0, 0.05) is 12.6 Å². The third-order valence-corrected chi connectivity index (χ3v) is 2.86. The van der Waals surface area contributed by atoms with Crippen molar-refractivity contribution in [2.45, 2.75) is 6.92 Å². The van der Waals surface area contributed by atoms with Crippen molar-refractivity contribution in [2.24, 2.45) is 7.05 Å². The standard InChI is InChI=1S/C11H12N2OS/c1-7-12-9-5-8(11(14)6-15)3-4-10(9)13(7)2/h3-5,15H,6H2,1-2H3. The number of hydrogen-bond donors (Lipinski definition) is 1. The highest BCUT2D eigenvalue weighted by Crippen LogP contribution is 2.16. The number of carbonyl (C=O) groups is 1. The SMILES string of the molecule is Cc1nc2cc(C(=O)CS)ccc2n1C. The predicted molar refractivity (Wildman–Crippen MR) is 63.6 cm³/mol. The maximum absolute atomic E-state index is 11.4. The van der Waals surface area contributed by atoms with Gasteiger partial charge in [-0.2, -0.15) is 12.6 Å². The summed E-state index contributed by atoms with van der Waals surface area (Å²) in [6, 6.07) is 5.56. The molecule has 0 spiro atoms. The summed E-state index contributed by atoms with van der Waals surface area (Å²) in [6.45, 7) is 1.94. The molecule has 2 aromatic rings. The number of hydrogen-bond acceptors (Lipinski definition) is 3. The lowest BCUT2D eigenvalue weighted by Gasteiger charge is -1.98. The van der Waals surface area contributed by atoms with Crippen LogP contribution in [0.1, 0.15) is 16.2 Å². The Bertz CT molecular complexity index is 531. The number of imidazole rings is 1. The number of Topliss-reactive ketones (excluding diaryl/α,β-unsaturated/α-hetero) is 1. The van der Waals surface area contributed by atoms with Gasteiger partial charge in [-0.1, -0.05) is 0 Å². The first-order valence-corrected chi connectivity index (χ1v) is 5.34. The van der Waals surface area contributed by atoms with Crippen LogP contribution in [-0.4, -0.2) is 21.1 Å². The molecule has 1 aromatic carbocycles. The highest BCUT2D eigenvalue weighted by molar-refractivity contribution is 7.81. The topological polar surface area (TPSA) is 34.9 Å². The number of nitrogens with zero attached hydrogens (tertiary/aromatic N) is 2. The highest BCUT2D eigenvalue weighted by atomic mass is 32.1. The highest BCUT2D eigenvalue weighted by Gasteiger charge is 2.08. The van der Waals surface area contributed by atoms with Crippen LogP contribution in [0.25, 0.3) is 11.0 Å². The average Bonchev–Trinajstić information content (AvgIpc) is 2.53. The van der Waals surface area contributed by atoms with Crippen LogP contribution in [0.15, 0.2) is 18.2 Å². The zero-order chi connectivity index (χ0) is 11.0. The van der Waals surface area contributed by atoms with Gasteiger partial charge in [0.05, 0.1) is 16.8 Å². The van der Waals surface area contributed by atoms with E-state index in [2.05, 4.69) is 17.6 Å². The van der Waals surface area contributed by atoms with Crippen molar-refractivity contribution < 1.29 is 4.79 Å². The van der Waals surface area contributed by atoms with E-state index < -0.39 is 0 Å². The number of ketones is 1. The molecule has 0 aliphatic carbocycles. The van der Waals surface area contributed by atoms with E-state index in [1.54, 1.807) is 0 Å². The van der Waals surface area contributed by atoms with Gasteiger partial charge in [0.2, 0.25) is 0 Å². The summed E-state index contributed by atoms with van der Waals surface area (Å²) < 4.78 is 2.00. The number of aryl methyl sites for hydroxylation is 2. The number of benzene rings is 1. The van der Waals surface area contributed by atoms with Gasteiger partial charge in [0.1, 0.15) is 5.82 Å². The summed E-state index contributed by atoms with van der Waals surface area (Å²) in [4.78, 5) is 15.8. The van der Waals surface area contributed by atoms with Gasteiger partial charge in [-0.25, -0.2) is 4.98 Å². The van der Waals surface area contributed by atoms with E-state index in [0.717, 1.165) is 16.9 Å². The van der Waals surface area contributed by atoms with E-state index >= 15 is 0 Å². The molecule has 4 heteroatoms. The molecule has 0 aliphatic rings. The Labute approximate surface area is 93.5 Å². The van der Waals surface area contributed by atoms with Crippen molar-refractivity contribution in [3.8, 4) is 0 Å². The molecule has 0 saturated carbocycles. The fraction of sp³-hybridized carbons (Fsp3) is 0.273. The number of rotatable bonds is 2. The Morgan fingerprint density at radius 3 is 2.93 bits per heavy atom. The Hall–Kier alpha value is -1.29.